The van der Waals surface area contributed by atoms with Crippen molar-refractivity contribution in [2.45, 2.75) is 26.3 Å². The smallest absolute Gasteiger partial charge is 0.164 e. The standard InChI is InChI=1S/C21H19ClN8/c1-3-16-18-20(23)25-11-26-21(18)29(27-16)12(2)19-15-7-6-13(22)9-17(15)30(28-19)14-5-4-8-24-10-14/h4-12H,3H2,1-2H3,(H2,23,25,26). The van der Waals surface area contributed by atoms with Gasteiger partial charge in [0.25, 0.3) is 0 Å². The average Bonchev–Trinajstić information content (AvgIpc) is 3.33. The molecular weight excluding hydrogens is 400 g/mol. The van der Waals surface area contributed by atoms with Crippen LogP contribution in [0, 0.1) is 0 Å². The van der Waals surface area contributed by atoms with E-state index in [4.69, 9.17) is 27.5 Å². The van der Waals surface area contributed by atoms with Gasteiger partial charge in [0.05, 0.1) is 40.2 Å². The fraction of sp³-hybridized carbons (Fsp3) is 0.190. The maximum atomic E-state index is 6.30. The predicted molar refractivity (Wildman–Crippen MR) is 117 cm³/mol. The van der Waals surface area contributed by atoms with Crippen molar-refractivity contribution >= 4 is 39.4 Å². The number of benzene rings is 1. The molecule has 1 unspecified atom stereocenters. The molecule has 5 rings (SSSR count). The van der Waals surface area contributed by atoms with E-state index in [0.717, 1.165) is 39.8 Å². The summed E-state index contributed by atoms with van der Waals surface area (Å²) in [7, 11) is 0. The van der Waals surface area contributed by atoms with Gasteiger partial charge in [0.15, 0.2) is 5.65 Å². The molecule has 1 atom stereocenters. The number of rotatable bonds is 4. The average molecular weight is 419 g/mol. The molecule has 4 aromatic heterocycles. The number of pyridine rings is 1. The van der Waals surface area contributed by atoms with E-state index in [9.17, 15) is 0 Å². The molecule has 5 aromatic rings. The number of anilines is 1. The number of nitrogens with two attached hydrogens (primary N) is 1. The summed E-state index contributed by atoms with van der Waals surface area (Å²) >= 11 is 6.30. The van der Waals surface area contributed by atoms with Gasteiger partial charge in [-0.25, -0.2) is 19.3 Å². The summed E-state index contributed by atoms with van der Waals surface area (Å²) < 4.78 is 3.73. The number of nitrogens with zero attached hydrogens (tertiary/aromatic N) is 7. The number of aromatic nitrogens is 7. The van der Waals surface area contributed by atoms with Gasteiger partial charge < -0.3 is 5.73 Å². The molecular formula is C21H19ClN8. The molecule has 0 saturated heterocycles. The van der Waals surface area contributed by atoms with Crippen molar-refractivity contribution < 1.29 is 0 Å². The van der Waals surface area contributed by atoms with E-state index in [-0.39, 0.29) is 6.04 Å². The number of hydrogen-bond acceptors (Lipinski definition) is 6. The highest BCUT2D eigenvalue weighted by Gasteiger charge is 2.24. The second kappa shape index (κ2) is 7.07. The molecule has 150 valence electrons. The van der Waals surface area contributed by atoms with Crippen LogP contribution in [0.3, 0.4) is 0 Å². The van der Waals surface area contributed by atoms with Gasteiger partial charge in [-0.1, -0.05) is 18.5 Å². The lowest BCUT2D eigenvalue weighted by molar-refractivity contribution is 0.556. The zero-order valence-electron chi connectivity index (χ0n) is 16.5. The Morgan fingerprint density at radius 1 is 1.17 bits per heavy atom. The molecule has 8 nitrogen and oxygen atoms in total. The molecule has 0 aliphatic carbocycles. The predicted octanol–water partition coefficient (Wildman–Crippen LogP) is 3.97. The third-order valence-electron chi connectivity index (χ3n) is 5.25. The van der Waals surface area contributed by atoms with Crippen LogP contribution >= 0.6 is 11.6 Å². The van der Waals surface area contributed by atoms with Crippen LogP contribution in [0.25, 0.3) is 27.6 Å². The quantitative estimate of drug-likeness (QED) is 0.474. The minimum absolute atomic E-state index is 0.191. The molecule has 0 fully saturated rings. The lowest BCUT2D eigenvalue weighted by atomic mass is 10.1. The first-order valence-corrected chi connectivity index (χ1v) is 10.0. The molecule has 0 amide bonds. The topological polar surface area (TPSA) is 100 Å². The van der Waals surface area contributed by atoms with Crippen molar-refractivity contribution in [2.24, 2.45) is 0 Å². The van der Waals surface area contributed by atoms with Gasteiger partial charge in [0, 0.05) is 16.6 Å². The Labute approximate surface area is 177 Å². The van der Waals surface area contributed by atoms with Crippen LogP contribution in [0.4, 0.5) is 5.82 Å². The number of aryl methyl sites for hydroxylation is 1. The Kier molecular flexibility index (Phi) is 4.36. The van der Waals surface area contributed by atoms with E-state index in [2.05, 4.69) is 15.0 Å². The summed E-state index contributed by atoms with van der Waals surface area (Å²) in [4.78, 5) is 12.8. The van der Waals surface area contributed by atoms with Gasteiger partial charge >= 0.3 is 0 Å². The van der Waals surface area contributed by atoms with E-state index in [1.165, 1.54) is 6.33 Å². The lowest BCUT2D eigenvalue weighted by Crippen LogP contribution is -2.11. The summed E-state index contributed by atoms with van der Waals surface area (Å²) in [5, 5.41) is 12.1. The van der Waals surface area contributed by atoms with Crippen molar-refractivity contribution in [3.05, 3.63) is 65.5 Å². The number of halogens is 1. The van der Waals surface area contributed by atoms with Gasteiger partial charge in [0.2, 0.25) is 0 Å². The van der Waals surface area contributed by atoms with Crippen molar-refractivity contribution in [1.29, 1.82) is 0 Å². The molecule has 1 aromatic carbocycles. The Balaban J connectivity index is 1.75. The zero-order valence-corrected chi connectivity index (χ0v) is 17.2. The van der Waals surface area contributed by atoms with Crippen LogP contribution in [0.2, 0.25) is 5.02 Å². The first-order chi connectivity index (χ1) is 14.6. The van der Waals surface area contributed by atoms with E-state index >= 15 is 0 Å². The van der Waals surface area contributed by atoms with Crippen molar-refractivity contribution in [1.82, 2.24) is 34.5 Å². The third-order valence-corrected chi connectivity index (χ3v) is 5.49. The van der Waals surface area contributed by atoms with Crippen molar-refractivity contribution in [3.8, 4) is 5.69 Å². The number of fused-ring (bicyclic) bond motifs is 2. The molecule has 2 N–H and O–H groups in total. The fourth-order valence-electron chi connectivity index (χ4n) is 3.80. The maximum absolute atomic E-state index is 6.30. The fourth-order valence-corrected chi connectivity index (χ4v) is 3.96. The summed E-state index contributed by atoms with van der Waals surface area (Å²) in [5.41, 5.74) is 10.3. The van der Waals surface area contributed by atoms with Crippen LogP contribution in [-0.4, -0.2) is 34.5 Å². The molecule has 0 radical (unpaired) electrons. The van der Waals surface area contributed by atoms with Gasteiger partial charge in [-0.2, -0.15) is 10.2 Å². The highest BCUT2D eigenvalue weighted by Crippen LogP contribution is 2.32. The van der Waals surface area contributed by atoms with Crippen molar-refractivity contribution in [3.63, 3.8) is 0 Å². The summed E-state index contributed by atoms with van der Waals surface area (Å²) in [6, 6.07) is 9.41. The molecule has 0 bridgehead atoms. The minimum Gasteiger partial charge on any atom is -0.383 e. The summed E-state index contributed by atoms with van der Waals surface area (Å²) in [6.45, 7) is 4.09. The largest absolute Gasteiger partial charge is 0.383 e. The van der Waals surface area contributed by atoms with Crippen LogP contribution in [0.1, 0.15) is 31.3 Å². The normalized spacial score (nSPS) is 12.6. The molecule has 0 saturated carbocycles. The van der Waals surface area contributed by atoms with E-state index in [1.54, 1.807) is 12.4 Å². The highest BCUT2D eigenvalue weighted by molar-refractivity contribution is 6.31. The SMILES string of the molecule is CCc1nn(C(C)c2nn(-c3cccnc3)c3cc(Cl)ccc23)c2ncnc(N)c12. The van der Waals surface area contributed by atoms with Crippen LogP contribution < -0.4 is 5.73 Å². The third kappa shape index (κ3) is 2.80. The van der Waals surface area contributed by atoms with Gasteiger partial charge in [-0.15, -0.1) is 0 Å². The van der Waals surface area contributed by atoms with Gasteiger partial charge in [-0.3, -0.25) is 4.98 Å². The van der Waals surface area contributed by atoms with Crippen LogP contribution in [0.15, 0.2) is 49.1 Å². The zero-order chi connectivity index (χ0) is 20.8. The number of hydrogen-bond donors (Lipinski definition) is 1. The monoisotopic (exact) mass is 418 g/mol. The molecule has 0 spiro atoms. The lowest BCUT2D eigenvalue weighted by Gasteiger charge is -2.11. The maximum Gasteiger partial charge on any atom is 0.164 e. The Hall–Kier alpha value is -3.52. The van der Waals surface area contributed by atoms with Crippen molar-refractivity contribution in [2.75, 3.05) is 5.73 Å². The molecule has 4 heterocycles. The molecule has 9 heteroatoms. The second-order valence-electron chi connectivity index (χ2n) is 7.05. The summed E-state index contributed by atoms with van der Waals surface area (Å²) in [6.07, 6.45) is 5.70. The first kappa shape index (κ1) is 18.5. The minimum atomic E-state index is -0.191. The van der Waals surface area contributed by atoms with E-state index in [1.807, 2.05) is 53.5 Å². The highest BCUT2D eigenvalue weighted by atomic mass is 35.5. The van der Waals surface area contributed by atoms with E-state index in [0.29, 0.717) is 16.5 Å². The summed E-state index contributed by atoms with van der Waals surface area (Å²) in [5.74, 6) is 0.438. The van der Waals surface area contributed by atoms with Gasteiger partial charge in [0.1, 0.15) is 12.1 Å². The molecule has 0 aliphatic heterocycles. The second-order valence-corrected chi connectivity index (χ2v) is 7.48. The Morgan fingerprint density at radius 3 is 2.80 bits per heavy atom. The van der Waals surface area contributed by atoms with Crippen LogP contribution in [-0.2, 0) is 6.42 Å². The Morgan fingerprint density at radius 2 is 2.03 bits per heavy atom. The van der Waals surface area contributed by atoms with E-state index < -0.39 is 0 Å². The number of nitrogen functional groups attached to an aromatic ring is 1. The molecule has 0 aliphatic rings. The first-order valence-electron chi connectivity index (χ1n) is 9.64. The molecule has 30 heavy (non-hydrogen) atoms. The Bertz CT molecular complexity index is 1370. The van der Waals surface area contributed by atoms with Crippen LogP contribution in [0.5, 0.6) is 0 Å². The van der Waals surface area contributed by atoms with Gasteiger partial charge in [-0.05, 0) is 43.7 Å².